The molecule has 0 radical (unpaired) electrons. The number of benzene rings is 1. The van der Waals surface area contributed by atoms with Gasteiger partial charge in [0.2, 0.25) is 5.91 Å². The molecular formula is C15H13N3O5S. The molecular weight excluding hydrogens is 334 g/mol. The number of carboxylic acid groups (broad SMARTS) is 1. The summed E-state index contributed by atoms with van der Waals surface area (Å²) in [5, 5.41) is 22.2. The van der Waals surface area contributed by atoms with Gasteiger partial charge in [-0.1, -0.05) is 0 Å². The molecule has 8 nitrogen and oxygen atoms in total. The second-order valence-electron chi connectivity index (χ2n) is 4.77. The highest BCUT2D eigenvalue weighted by molar-refractivity contribution is 7.16. The van der Waals surface area contributed by atoms with Crippen molar-refractivity contribution >= 4 is 40.1 Å². The molecule has 1 amide bonds. The Kier molecular flexibility index (Phi) is 5.38. The van der Waals surface area contributed by atoms with Crippen LogP contribution in [0.15, 0.2) is 30.3 Å². The van der Waals surface area contributed by atoms with Gasteiger partial charge in [-0.25, -0.2) is 4.98 Å². The maximum atomic E-state index is 11.8. The zero-order chi connectivity index (χ0) is 17.7. The summed E-state index contributed by atoms with van der Waals surface area (Å²) in [6.07, 6.45) is 2.64. The number of amides is 1. The molecule has 1 aromatic carbocycles. The summed E-state index contributed by atoms with van der Waals surface area (Å²) in [5.74, 6) is -1.39. The highest BCUT2D eigenvalue weighted by Gasteiger charge is 2.12. The summed E-state index contributed by atoms with van der Waals surface area (Å²) in [7, 11) is 0. The van der Waals surface area contributed by atoms with E-state index in [0.717, 1.165) is 11.3 Å². The average molecular weight is 347 g/mol. The van der Waals surface area contributed by atoms with E-state index < -0.39 is 16.8 Å². The van der Waals surface area contributed by atoms with Crippen molar-refractivity contribution in [2.45, 2.75) is 13.3 Å². The van der Waals surface area contributed by atoms with Gasteiger partial charge in [0.25, 0.3) is 5.69 Å². The molecule has 0 saturated carbocycles. The van der Waals surface area contributed by atoms with Gasteiger partial charge in [-0.3, -0.25) is 25.0 Å². The van der Waals surface area contributed by atoms with Gasteiger partial charge < -0.3 is 5.11 Å². The van der Waals surface area contributed by atoms with Gasteiger partial charge in [-0.2, -0.15) is 0 Å². The number of carbonyl (C=O) groups is 2. The molecule has 0 unspecified atom stereocenters. The Labute approximate surface area is 140 Å². The number of aryl methyl sites for hydroxylation is 1. The molecule has 0 fully saturated rings. The van der Waals surface area contributed by atoms with Crippen LogP contribution in [-0.4, -0.2) is 26.9 Å². The number of aromatic nitrogens is 1. The molecule has 0 spiro atoms. The second-order valence-corrected chi connectivity index (χ2v) is 5.85. The normalized spacial score (nSPS) is 10.7. The van der Waals surface area contributed by atoms with Crippen molar-refractivity contribution in [1.29, 1.82) is 0 Å². The molecule has 0 bridgehead atoms. The van der Waals surface area contributed by atoms with E-state index in [1.165, 1.54) is 36.4 Å². The van der Waals surface area contributed by atoms with E-state index >= 15 is 0 Å². The minimum Gasteiger partial charge on any atom is -0.481 e. The lowest BCUT2D eigenvalue weighted by Crippen LogP contribution is -2.07. The zero-order valence-corrected chi connectivity index (χ0v) is 13.4. The summed E-state index contributed by atoms with van der Waals surface area (Å²) < 4.78 is 0. The molecule has 0 aliphatic rings. The van der Waals surface area contributed by atoms with Gasteiger partial charge in [-0.05, 0) is 30.7 Å². The molecule has 2 rings (SSSR count). The first kappa shape index (κ1) is 17.3. The molecule has 0 aliphatic carbocycles. The van der Waals surface area contributed by atoms with E-state index in [1.54, 1.807) is 6.92 Å². The number of nitro benzene ring substituents is 1. The summed E-state index contributed by atoms with van der Waals surface area (Å²) in [6, 6.07) is 5.75. The third-order valence-electron chi connectivity index (χ3n) is 2.97. The topological polar surface area (TPSA) is 122 Å². The predicted molar refractivity (Wildman–Crippen MR) is 89.0 cm³/mol. The Morgan fingerprint density at radius 2 is 2.04 bits per heavy atom. The van der Waals surface area contributed by atoms with Gasteiger partial charge in [-0.15, -0.1) is 11.3 Å². The average Bonchev–Trinajstić information content (AvgIpc) is 2.84. The first-order valence-electron chi connectivity index (χ1n) is 6.77. The number of non-ortho nitro benzene ring substituents is 1. The van der Waals surface area contributed by atoms with Crippen LogP contribution in [0, 0.1) is 17.0 Å². The van der Waals surface area contributed by atoms with Crippen LogP contribution in [0.1, 0.15) is 16.1 Å². The van der Waals surface area contributed by atoms with Gasteiger partial charge >= 0.3 is 5.97 Å². The molecule has 0 saturated heterocycles. The van der Waals surface area contributed by atoms with Crippen molar-refractivity contribution < 1.29 is 19.6 Å². The number of rotatable bonds is 6. The summed E-state index contributed by atoms with van der Waals surface area (Å²) in [6.45, 7) is 1.68. The number of hydrogen-bond donors (Lipinski definition) is 2. The lowest BCUT2D eigenvalue weighted by Gasteiger charge is -1.96. The second kappa shape index (κ2) is 7.47. The molecule has 2 aromatic rings. The van der Waals surface area contributed by atoms with Crippen LogP contribution in [0.5, 0.6) is 0 Å². The molecule has 124 valence electrons. The predicted octanol–water partition coefficient (Wildman–Crippen LogP) is 2.64. The van der Waals surface area contributed by atoms with Crippen molar-refractivity contribution in [3.63, 3.8) is 0 Å². The first-order chi connectivity index (χ1) is 11.3. The third-order valence-corrected chi connectivity index (χ3v) is 4.04. The van der Waals surface area contributed by atoms with Crippen LogP contribution >= 0.6 is 11.3 Å². The summed E-state index contributed by atoms with van der Waals surface area (Å²) >= 11 is 1.11. The van der Waals surface area contributed by atoms with Crippen molar-refractivity contribution in [3.05, 3.63) is 56.6 Å². The van der Waals surface area contributed by atoms with Gasteiger partial charge in [0.05, 0.1) is 17.0 Å². The van der Waals surface area contributed by atoms with Gasteiger partial charge in [0.15, 0.2) is 5.13 Å². The number of nitrogens with zero attached hydrogens (tertiary/aromatic N) is 2. The number of carboxylic acids is 1. The van der Waals surface area contributed by atoms with Crippen molar-refractivity contribution in [1.82, 2.24) is 4.98 Å². The number of aliphatic carboxylic acids is 1. The SMILES string of the molecule is Cc1nc(NC(=O)/C=C/c2ccc([N+](=O)[O-])cc2)sc1CC(=O)O. The Hall–Kier alpha value is -3.07. The Balaban J connectivity index is 2.00. The molecule has 24 heavy (non-hydrogen) atoms. The number of thiazole rings is 1. The van der Waals surface area contributed by atoms with E-state index in [2.05, 4.69) is 10.3 Å². The quantitative estimate of drug-likeness (QED) is 0.470. The fourth-order valence-electron chi connectivity index (χ4n) is 1.81. The Morgan fingerprint density at radius 3 is 2.62 bits per heavy atom. The molecule has 9 heteroatoms. The monoisotopic (exact) mass is 347 g/mol. The van der Waals surface area contributed by atoms with E-state index in [4.69, 9.17) is 5.11 Å². The number of nitrogens with one attached hydrogen (secondary N) is 1. The minimum atomic E-state index is -0.960. The van der Waals surface area contributed by atoms with Crippen molar-refractivity contribution in [3.8, 4) is 0 Å². The van der Waals surface area contributed by atoms with Crippen LogP contribution in [0.4, 0.5) is 10.8 Å². The van der Waals surface area contributed by atoms with Crippen molar-refractivity contribution in [2.24, 2.45) is 0 Å². The maximum absolute atomic E-state index is 11.8. The molecule has 2 N–H and O–H groups in total. The fourth-order valence-corrected chi connectivity index (χ4v) is 2.77. The number of nitro groups is 1. The van der Waals surface area contributed by atoms with Crippen LogP contribution in [0.2, 0.25) is 0 Å². The van der Waals surface area contributed by atoms with E-state index in [0.29, 0.717) is 21.3 Å². The number of carbonyl (C=O) groups excluding carboxylic acids is 1. The Bertz CT molecular complexity index is 811. The van der Waals surface area contributed by atoms with E-state index in [-0.39, 0.29) is 12.1 Å². The lowest BCUT2D eigenvalue weighted by molar-refractivity contribution is -0.384. The first-order valence-corrected chi connectivity index (χ1v) is 7.58. The van der Waals surface area contributed by atoms with Crippen LogP contribution in [-0.2, 0) is 16.0 Å². The van der Waals surface area contributed by atoms with Gasteiger partial charge in [0.1, 0.15) is 0 Å². The molecule has 0 aliphatic heterocycles. The van der Waals surface area contributed by atoms with Crippen LogP contribution in [0.3, 0.4) is 0 Å². The fraction of sp³-hybridized carbons (Fsp3) is 0.133. The van der Waals surface area contributed by atoms with Crippen LogP contribution < -0.4 is 5.32 Å². The molecule has 1 heterocycles. The summed E-state index contributed by atoms with van der Waals surface area (Å²) in [5.41, 5.74) is 1.18. The van der Waals surface area contributed by atoms with E-state index in [1.807, 2.05) is 0 Å². The molecule has 0 atom stereocenters. The van der Waals surface area contributed by atoms with Crippen LogP contribution in [0.25, 0.3) is 6.08 Å². The molecule has 1 aromatic heterocycles. The number of anilines is 1. The van der Waals surface area contributed by atoms with Gasteiger partial charge in [0, 0.05) is 23.1 Å². The third kappa shape index (κ3) is 4.71. The smallest absolute Gasteiger partial charge is 0.308 e. The Morgan fingerprint density at radius 1 is 1.38 bits per heavy atom. The minimum absolute atomic E-state index is 0.0270. The highest BCUT2D eigenvalue weighted by Crippen LogP contribution is 2.23. The highest BCUT2D eigenvalue weighted by atomic mass is 32.1. The largest absolute Gasteiger partial charge is 0.481 e. The summed E-state index contributed by atoms with van der Waals surface area (Å²) in [4.78, 5) is 37.3. The zero-order valence-electron chi connectivity index (χ0n) is 12.6. The number of hydrogen-bond acceptors (Lipinski definition) is 6. The van der Waals surface area contributed by atoms with Crippen molar-refractivity contribution in [2.75, 3.05) is 5.32 Å². The standard InChI is InChI=1S/C15H13N3O5S/c1-9-12(8-14(20)21)24-15(16-9)17-13(19)7-4-10-2-5-11(6-3-10)18(22)23/h2-7H,8H2,1H3,(H,20,21)(H,16,17,19)/b7-4+. The maximum Gasteiger partial charge on any atom is 0.308 e. The lowest BCUT2D eigenvalue weighted by atomic mass is 10.2. The van der Waals surface area contributed by atoms with E-state index in [9.17, 15) is 19.7 Å².